The average Bonchev–Trinajstić information content (AvgIpc) is 2.15. The number of hydrogen-bond acceptors (Lipinski definition) is 1. The molecule has 12 heavy (non-hydrogen) atoms. The van der Waals surface area contributed by atoms with E-state index in [4.69, 9.17) is 0 Å². The summed E-state index contributed by atoms with van der Waals surface area (Å²) in [5.41, 5.74) is 1.43. The Labute approximate surface area is 79.4 Å². The SMILES string of the molecule is CCCSc1ccc(CC)cc1. The van der Waals surface area contributed by atoms with Gasteiger partial charge < -0.3 is 0 Å². The molecule has 0 bridgehead atoms. The quantitative estimate of drug-likeness (QED) is 0.636. The summed E-state index contributed by atoms with van der Waals surface area (Å²) in [5.74, 6) is 1.23. The summed E-state index contributed by atoms with van der Waals surface area (Å²) in [6.07, 6.45) is 2.39. The zero-order chi connectivity index (χ0) is 8.81. The first-order valence-electron chi connectivity index (χ1n) is 4.58. The van der Waals surface area contributed by atoms with E-state index in [9.17, 15) is 0 Å². The predicted molar refractivity (Wildman–Crippen MR) is 56.8 cm³/mol. The summed E-state index contributed by atoms with van der Waals surface area (Å²) in [6.45, 7) is 4.40. The second kappa shape index (κ2) is 5.26. The minimum Gasteiger partial charge on any atom is -0.126 e. The normalized spacial score (nSPS) is 10.2. The van der Waals surface area contributed by atoms with E-state index in [1.54, 1.807) is 0 Å². The van der Waals surface area contributed by atoms with E-state index in [-0.39, 0.29) is 0 Å². The Balaban J connectivity index is 2.53. The molecule has 0 aliphatic rings. The van der Waals surface area contributed by atoms with Crippen molar-refractivity contribution >= 4 is 11.8 Å². The van der Waals surface area contributed by atoms with Gasteiger partial charge in [0.15, 0.2) is 0 Å². The van der Waals surface area contributed by atoms with Crippen molar-refractivity contribution in [3.63, 3.8) is 0 Å². The number of aryl methyl sites for hydroxylation is 1. The first kappa shape index (κ1) is 9.66. The van der Waals surface area contributed by atoms with Crippen molar-refractivity contribution in [1.82, 2.24) is 0 Å². The van der Waals surface area contributed by atoms with Crippen molar-refractivity contribution in [2.24, 2.45) is 0 Å². The lowest BCUT2D eigenvalue weighted by Gasteiger charge is -2.00. The van der Waals surface area contributed by atoms with E-state index in [1.807, 2.05) is 11.8 Å². The molecular formula is C11H16S. The molecule has 0 radical (unpaired) electrons. The molecule has 1 aromatic rings. The van der Waals surface area contributed by atoms with Crippen LogP contribution in [0.2, 0.25) is 0 Å². The topological polar surface area (TPSA) is 0 Å². The van der Waals surface area contributed by atoms with Crippen LogP contribution in [0.25, 0.3) is 0 Å². The monoisotopic (exact) mass is 180 g/mol. The Morgan fingerprint density at radius 1 is 1.08 bits per heavy atom. The minimum absolute atomic E-state index is 1.14. The maximum atomic E-state index is 2.22. The van der Waals surface area contributed by atoms with E-state index in [1.165, 1.54) is 22.6 Å². The third kappa shape index (κ3) is 2.90. The van der Waals surface area contributed by atoms with Crippen molar-refractivity contribution in [3.05, 3.63) is 29.8 Å². The standard InChI is InChI=1S/C11H16S/c1-3-9-12-11-7-5-10(4-2)6-8-11/h5-8H,3-4,9H2,1-2H3. The summed E-state index contributed by atoms with van der Waals surface area (Å²) >= 11 is 1.94. The molecule has 0 saturated heterocycles. The molecule has 1 heteroatoms. The van der Waals surface area contributed by atoms with Crippen LogP contribution >= 0.6 is 11.8 Å². The molecule has 0 spiro atoms. The fourth-order valence-corrected chi connectivity index (χ4v) is 1.81. The Morgan fingerprint density at radius 3 is 2.25 bits per heavy atom. The first-order chi connectivity index (χ1) is 5.86. The Kier molecular flexibility index (Phi) is 4.23. The van der Waals surface area contributed by atoms with Crippen LogP contribution in [0.15, 0.2) is 29.2 Å². The number of benzene rings is 1. The van der Waals surface area contributed by atoms with Gasteiger partial charge in [0.1, 0.15) is 0 Å². The maximum Gasteiger partial charge on any atom is 0.00721 e. The highest BCUT2D eigenvalue weighted by Gasteiger charge is 1.92. The van der Waals surface area contributed by atoms with Crippen LogP contribution in [-0.2, 0) is 6.42 Å². The molecule has 0 saturated carbocycles. The van der Waals surface area contributed by atoms with Crippen LogP contribution in [0.4, 0.5) is 0 Å². The lowest BCUT2D eigenvalue weighted by Crippen LogP contribution is -1.80. The van der Waals surface area contributed by atoms with Crippen molar-refractivity contribution < 1.29 is 0 Å². The summed E-state index contributed by atoms with van der Waals surface area (Å²) in [5, 5.41) is 0. The molecular weight excluding hydrogens is 164 g/mol. The minimum atomic E-state index is 1.14. The zero-order valence-electron chi connectivity index (χ0n) is 7.84. The van der Waals surface area contributed by atoms with Gasteiger partial charge in [-0.15, -0.1) is 11.8 Å². The first-order valence-corrected chi connectivity index (χ1v) is 5.57. The fraction of sp³-hybridized carbons (Fsp3) is 0.455. The molecule has 0 aliphatic carbocycles. The highest BCUT2D eigenvalue weighted by molar-refractivity contribution is 7.99. The molecule has 0 atom stereocenters. The van der Waals surface area contributed by atoms with Gasteiger partial charge in [-0.3, -0.25) is 0 Å². The van der Waals surface area contributed by atoms with Gasteiger partial charge in [-0.2, -0.15) is 0 Å². The third-order valence-electron chi connectivity index (χ3n) is 1.80. The molecule has 0 fully saturated rings. The van der Waals surface area contributed by atoms with Crippen LogP contribution in [0.1, 0.15) is 25.8 Å². The van der Waals surface area contributed by atoms with Crippen molar-refractivity contribution in [1.29, 1.82) is 0 Å². The zero-order valence-corrected chi connectivity index (χ0v) is 8.66. The van der Waals surface area contributed by atoms with Crippen LogP contribution < -0.4 is 0 Å². The van der Waals surface area contributed by atoms with Gasteiger partial charge in [0, 0.05) is 4.90 Å². The van der Waals surface area contributed by atoms with Crippen LogP contribution in [0.5, 0.6) is 0 Å². The lowest BCUT2D eigenvalue weighted by molar-refractivity contribution is 1.10. The van der Waals surface area contributed by atoms with Crippen LogP contribution in [0.3, 0.4) is 0 Å². The second-order valence-electron chi connectivity index (χ2n) is 2.85. The van der Waals surface area contributed by atoms with Gasteiger partial charge in [0.05, 0.1) is 0 Å². The Bertz CT molecular complexity index is 213. The van der Waals surface area contributed by atoms with E-state index >= 15 is 0 Å². The molecule has 0 N–H and O–H groups in total. The number of hydrogen-bond donors (Lipinski definition) is 0. The van der Waals surface area contributed by atoms with E-state index < -0.39 is 0 Å². The van der Waals surface area contributed by atoms with Gasteiger partial charge in [-0.05, 0) is 36.3 Å². The third-order valence-corrected chi connectivity index (χ3v) is 3.02. The fourth-order valence-electron chi connectivity index (χ4n) is 1.04. The average molecular weight is 180 g/mol. The van der Waals surface area contributed by atoms with Crippen molar-refractivity contribution in [2.75, 3.05) is 5.75 Å². The second-order valence-corrected chi connectivity index (χ2v) is 4.01. The van der Waals surface area contributed by atoms with Gasteiger partial charge >= 0.3 is 0 Å². The van der Waals surface area contributed by atoms with Gasteiger partial charge in [-0.1, -0.05) is 26.0 Å². The highest BCUT2D eigenvalue weighted by atomic mass is 32.2. The molecule has 66 valence electrons. The van der Waals surface area contributed by atoms with Gasteiger partial charge in [0.2, 0.25) is 0 Å². The van der Waals surface area contributed by atoms with Crippen molar-refractivity contribution in [2.45, 2.75) is 31.6 Å². The molecule has 0 unspecified atom stereocenters. The van der Waals surface area contributed by atoms with E-state index in [0.717, 1.165) is 6.42 Å². The molecule has 0 aliphatic heterocycles. The smallest absolute Gasteiger partial charge is 0.00721 e. The number of rotatable bonds is 4. The van der Waals surface area contributed by atoms with E-state index in [0.29, 0.717) is 0 Å². The maximum absolute atomic E-state index is 2.22. The van der Waals surface area contributed by atoms with Crippen molar-refractivity contribution in [3.8, 4) is 0 Å². The van der Waals surface area contributed by atoms with Gasteiger partial charge in [-0.25, -0.2) is 0 Å². The molecule has 1 rings (SSSR count). The summed E-state index contributed by atoms with van der Waals surface area (Å²) < 4.78 is 0. The predicted octanol–water partition coefficient (Wildman–Crippen LogP) is 3.75. The highest BCUT2D eigenvalue weighted by Crippen LogP contribution is 2.18. The number of thioether (sulfide) groups is 1. The lowest BCUT2D eigenvalue weighted by atomic mass is 10.2. The van der Waals surface area contributed by atoms with Gasteiger partial charge in [0.25, 0.3) is 0 Å². The molecule has 0 nitrogen and oxygen atoms in total. The summed E-state index contributed by atoms with van der Waals surface area (Å²) in [7, 11) is 0. The summed E-state index contributed by atoms with van der Waals surface area (Å²) in [4.78, 5) is 1.40. The molecule has 0 aromatic heterocycles. The van der Waals surface area contributed by atoms with E-state index in [2.05, 4.69) is 38.1 Å². The molecule has 1 aromatic carbocycles. The molecule has 0 amide bonds. The summed E-state index contributed by atoms with van der Waals surface area (Å²) in [6, 6.07) is 8.88. The van der Waals surface area contributed by atoms with Crippen LogP contribution in [-0.4, -0.2) is 5.75 Å². The Morgan fingerprint density at radius 2 is 1.75 bits per heavy atom. The largest absolute Gasteiger partial charge is 0.126 e. The molecule has 0 heterocycles. The Hall–Kier alpha value is -0.430. The van der Waals surface area contributed by atoms with Crippen LogP contribution in [0, 0.1) is 0 Å².